The van der Waals surface area contributed by atoms with Crippen LogP contribution >= 0.6 is 11.3 Å². The molecule has 406 valence electrons. The second-order valence-corrected chi connectivity index (χ2v) is 26.3. The summed E-state index contributed by atoms with van der Waals surface area (Å²) in [5.74, 6) is 0. The third-order valence-corrected chi connectivity index (χ3v) is 14.8. The molecule has 9 aromatic carbocycles. The molecule has 0 saturated heterocycles. The van der Waals surface area contributed by atoms with Crippen molar-refractivity contribution in [1.29, 1.82) is 0 Å². The summed E-state index contributed by atoms with van der Waals surface area (Å²) in [5.41, 5.74) is -17.6. The largest absolute Gasteiger partial charge is 0.311 e. The van der Waals surface area contributed by atoms with Crippen molar-refractivity contribution in [3.8, 4) is 21.7 Å². The minimum atomic E-state index is -2.06. The maximum atomic E-state index is 11.4. The van der Waals surface area contributed by atoms with Gasteiger partial charge in [0, 0.05) is 51.1 Å². The molecule has 0 amide bonds. The predicted molar refractivity (Wildman–Crippen MR) is 353 cm³/mol. The van der Waals surface area contributed by atoms with Crippen molar-refractivity contribution in [2.24, 2.45) is 0 Å². The van der Waals surface area contributed by atoms with Gasteiger partial charge in [0.15, 0.2) is 0 Å². The van der Waals surface area contributed by atoms with Crippen LogP contribution in [0.5, 0.6) is 0 Å². The Kier molecular flexibility index (Phi) is 6.83. The number of rotatable bonds is 7. The van der Waals surface area contributed by atoms with Crippen LogP contribution in [0.2, 0.25) is 0 Å². The summed E-state index contributed by atoms with van der Waals surface area (Å²) in [6, 6.07) is -27.6. The van der Waals surface area contributed by atoms with Crippen LogP contribution < -0.4 is 31.1 Å². The van der Waals surface area contributed by atoms with E-state index < -0.39 is 316 Å². The van der Waals surface area contributed by atoms with E-state index >= 15 is 0 Å². The van der Waals surface area contributed by atoms with Crippen LogP contribution in [0, 0.1) is 0 Å². The first kappa shape index (κ1) is 28.4. The Balaban J connectivity index is 1.42. The van der Waals surface area contributed by atoms with Gasteiger partial charge in [0.05, 0.1) is 59.8 Å². The van der Waals surface area contributed by atoms with Crippen LogP contribution in [0.15, 0.2) is 193 Å². The number of fused-ring (bicyclic) bond motifs is 5. The van der Waals surface area contributed by atoms with Gasteiger partial charge in [0.25, 0.3) is 6.71 Å². The molecule has 12 rings (SSSR count). The van der Waals surface area contributed by atoms with Gasteiger partial charge in [-0.15, -0.1) is 11.3 Å². The highest BCUT2D eigenvalue weighted by atomic mass is 32.1. The van der Waals surface area contributed by atoms with E-state index in [0.717, 1.165) is 9.80 Å². The Labute approximate surface area is 532 Å². The molecule has 0 bridgehead atoms. The average Bonchev–Trinajstić information content (AvgIpc) is 1.15. The van der Waals surface area contributed by atoms with Gasteiger partial charge >= 0.3 is 0 Å². The molecule has 6 heteroatoms. The number of aromatic nitrogens is 1. The molecule has 0 spiro atoms. The summed E-state index contributed by atoms with van der Waals surface area (Å²) in [7, 11) is 0. The number of hydrogen-bond donors (Lipinski definition) is 0. The maximum absolute atomic E-state index is 11.4. The van der Waals surface area contributed by atoms with Crippen molar-refractivity contribution >= 4 is 95.8 Å². The van der Waals surface area contributed by atoms with E-state index in [0.29, 0.717) is 16.2 Å². The lowest BCUT2D eigenvalue weighted by Gasteiger charge is -2.45. The number of benzene rings is 9. The molecule has 0 aliphatic carbocycles. The molecule has 0 N–H and O–H groups in total. The monoisotopic (exact) mass is 1110 g/mol. The Morgan fingerprint density at radius 1 is 0.383 bits per heavy atom. The van der Waals surface area contributed by atoms with Gasteiger partial charge in [-0.2, -0.15) is 0 Å². The molecule has 0 radical (unpaired) electrons. The zero-order valence-corrected chi connectivity index (χ0v) is 48.6. The SMILES string of the molecule is [2H]c1c([2H])c([2H])c(N(c2c([2H])c([2H])c([2H])c([2H])c2[2H])c2c([2H])c3c4c(c2[2H])N(c2c([2H])c(C(C)(C)C)c([2H])c(C(C)(C)C)c2[2H])c2c(c([2H])c5nc(-c6c([2H])c([2H])c(-c7c([2H])c([2H])c(C(C)(C)C)c([2H])c7[2H])c([2H])c6[2H])sc5c2[2H])B4c2c([2H])c(C(C)(C)C)c([2H])c([2H])c2N3c2c([2H])c([2H])c(C(C)(C)C)c([2H])c2[2H])c([2H])c1[2H]. The van der Waals surface area contributed by atoms with E-state index in [9.17, 15) is 32.9 Å². The molecule has 2 aliphatic heterocycles. The summed E-state index contributed by atoms with van der Waals surface area (Å²) in [4.78, 5) is 7.22. The van der Waals surface area contributed by atoms with Gasteiger partial charge in [-0.3, -0.25) is 0 Å². The van der Waals surface area contributed by atoms with Gasteiger partial charge < -0.3 is 14.7 Å². The number of para-hydroxylation sites is 2. The third kappa shape index (κ3) is 9.98. The molecule has 0 unspecified atom stereocenters. The topological polar surface area (TPSA) is 22.6 Å². The fourth-order valence-corrected chi connectivity index (χ4v) is 10.3. The standard InChI is InChI=1S/C75H77BN4S/c1-71(2,3)51-32-30-49(31-33-51)48-26-28-50(29-27-48)70-77-63-46-62-65(47-68(63)81-70)80(59-41-54(74(10,11)12)40-55(42-59)75(13,14)15)67-45-60(78(56-22-18-16-19-23-56)57-24-20-17-21-25-57)44-66-69(67)76(62)61-43-53(73(7,8)9)36-39-64(61)79(66)58-37-34-52(35-38-58)72(4,5)6/h16-47H,1-15H3/i16D,17D,18D,19D,20D,21D,22D,23D,24D,25D,26D,27D,28D,29D,30D,31D,32D,33D,34D,35D,36D,37D,38D,39D,40D,41D,42D,43D,44D,45D,46D,47D. The third-order valence-electron chi connectivity index (χ3n) is 13.8. The van der Waals surface area contributed by atoms with Crippen molar-refractivity contribution < 1.29 is 43.9 Å². The van der Waals surface area contributed by atoms with E-state index in [4.69, 9.17) is 16.0 Å². The van der Waals surface area contributed by atoms with Crippen LogP contribution in [0.1, 0.15) is 176 Å². The van der Waals surface area contributed by atoms with Gasteiger partial charge in [0.1, 0.15) is 5.01 Å². The van der Waals surface area contributed by atoms with Crippen molar-refractivity contribution in [3.05, 3.63) is 221 Å². The lowest BCUT2D eigenvalue weighted by molar-refractivity contribution is 0.568. The second kappa shape index (κ2) is 19.5. The zero-order valence-electron chi connectivity index (χ0n) is 79.8. The van der Waals surface area contributed by atoms with E-state index in [-0.39, 0.29) is 38.6 Å². The van der Waals surface area contributed by atoms with Gasteiger partial charge in [-0.1, -0.05) is 219 Å². The van der Waals surface area contributed by atoms with Crippen molar-refractivity contribution in [3.63, 3.8) is 0 Å². The Morgan fingerprint density at radius 3 is 1.33 bits per heavy atom. The van der Waals surface area contributed by atoms with Gasteiger partial charge in [0.2, 0.25) is 0 Å². The fraction of sp³-hybridized carbons (Fsp3) is 0.267. The molecule has 0 atom stereocenters. The molecule has 1 aromatic heterocycles. The van der Waals surface area contributed by atoms with E-state index in [1.807, 2.05) is 0 Å². The molecule has 2 aliphatic rings. The highest BCUT2D eigenvalue weighted by molar-refractivity contribution is 7.21. The first-order valence-corrected chi connectivity index (χ1v) is 27.3. The van der Waals surface area contributed by atoms with Crippen LogP contribution in [0.3, 0.4) is 0 Å². The Morgan fingerprint density at radius 2 is 0.827 bits per heavy atom. The minimum absolute atomic E-state index is 0.0126. The van der Waals surface area contributed by atoms with Crippen LogP contribution in [-0.2, 0) is 27.1 Å². The first-order valence-electron chi connectivity index (χ1n) is 42.5. The highest BCUT2D eigenvalue weighted by Gasteiger charge is 2.45. The molecular weight excluding hydrogens is 1000 g/mol. The van der Waals surface area contributed by atoms with E-state index in [1.54, 1.807) is 104 Å². The normalized spacial score (nSPS) is 19.1. The molecule has 3 heterocycles. The van der Waals surface area contributed by atoms with Crippen molar-refractivity contribution in [2.75, 3.05) is 14.7 Å². The van der Waals surface area contributed by atoms with E-state index in [1.165, 1.54) is 0 Å². The number of anilines is 9. The maximum Gasteiger partial charge on any atom is 0.252 e. The van der Waals surface area contributed by atoms with Crippen LogP contribution in [0.25, 0.3) is 31.9 Å². The quantitative estimate of drug-likeness (QED) is 0.148. The molecule has 0 saturated carbocycles. The van der Waals surface area contributed by atoms with Crippen molar-refractivity contribution in [2.45, 2.75) is 131 Å². The summed E-state index contributed by atoms with van der Waals surface area (Å²) in [6.07, 6.45) is 0. The van der Waals surface area contributed by atoms with Gasteiger partial charge in [-0.25, -0.2) is 4.98 Å². The summed E-state index contributed by atoms with van der Waals surface area (Å²) in [6.45, 7) is 22.6. The minimum Gasteiger partial charge on any atom is -0.311 e. The summed E-state index contributed by atoms with van der Waals surface area (Å²) < 4.78 is 315. The number of thiazole rings is 1. The molecule has 0 fully saturated rings. The number of hydrogen-bond acceptors (Lipinski definition) is 5. The summed E-state index contributed by atoms with van der Waals surface area (Å²) >= 11 is 0.529. The smallest absolute Gasteiger partial charge is 0.252 e. The Hall–Kier alpha value is -7.67. The lowest BCUT2D eigenvalue weighted by atomic mass is 9.33. The first-order chi connectivity index (χ1) is 51.7. The van der Waals surface area contributed by atoms with Gasteiger partial charge in [-0.05, 0) is 161 Å². The highest BCUT2D eigenvalue weighted by Crippen LogP contribution is 2.51. The fourth-order valence-electron chi connectivity index (χ4n) is 9.37. The molecule has 81 heavy (non-hydrogen) atoms. The number of nitrogens with zero attached hydrogens (tertiary/aromatic N) is 4. The zero-order chi connectivity index (χ0) is 85.0. The van der Waals surface area contributed by atoms with E-state index in [2.05, 4.69) is 0 Å². The Bertz CT molecular complexity index is 5720. The molecular formula is C75H77BN4S. The van der Waals surface area contributed by atoms with Crippen LogP contribution in [0.4, 0.5) is 51.2 Å². The van der Waals surface area contributed by atoms with Crippen LogP contribution in [-0.4, -0.2) is 11.7 Å². The lowest BCUT2D eigenvalue weighted by Crippen LogP contribution is -2.61. The summed E-state index contributed by atoms with van der Waals surface area (Å²) in [5, 5.41) is -0.420. The predicted octanol–water partition coefficient (Wildman–Crippen LogP) is 19.7. The average molecular weight is 1110 g/mol. The molecule has 10 aromatic rings. The second-order valence-electron chi connectivity index (χ2n) is 25.3. The van der Waals surface area contributed by atoms with Crippen molar-refractivity contribution in [1.82, 2.24) is 4.98 Å². The molecule has 4 nitrogen and oxygen atoms in total.